The van der Waals surface area contributed by atoms with Gasteiger partial charge in [-0.2, -0.15) is 5.26 Å². The van der Waals surface area contributed by atoms with Gasteiger partial charge in [-0.1, -0.05) is 54.6 Å². The molecule has 0 amide bonds. The van der Waals surface area contributed by atoms with Crippen LogP contribution in [0.1, 0.15) is 35.6 Å². The Balaban J connectivity index is 2.22. The quantitative estimate of drug-likeness (QED) is 0.898. The minimum absolute atomic E-state index is 0.344. The van der Waals surface area contributed by atoms with Crippen LogP contribution in [-0.4, -0.2) is 7.05 Å². The van der Waals surface area contributed by atoms with Crippen molar-refractivity contribution >= 4 is 0 Å². The Kier molecular flexibility index (Phi) is 3.30. The number of nitrogens with one attached hydrogen (secondary N) is 1. The van der Waals surface area contributed by atoms with Crippen LogP contribution in [0.2, 0.25) is 0 Å². The van der Waals surface area contributed by atoms with E-state index in [1.165, 1.54) is 5.56 Å². The van der Waals surface area contributed by atoms with E-state index in [1.54, 1.807) is 0 Å². The van der Waals surface area contributed by atoms with Gasteiger partial charge in [0, 0.05) is 6.04 Å². The van der Waals surface area contributed by atoms with E-state index in [2.05, 4.69) is 41.7 Å². The second kappa shape index (κ2) is 5.11. The molecule has 3 rings (SSSR count). The molecule has 0 saturated heterocycles. The molecular formula is C18H18N2. The molecule has 1 N–H and O–H groups in total. The summed E-state index contributed by atoms with van der Waals surface area (Å²) in [6, 6.07) is 21.5. The van der Waals surface area contributed by atoms with Gasteiger partial charge in [0.15, 0.2) is 0 Å². The molecule has 2 heteroatoms. The Hall–Kier alpha value is -2.11. The third-order valence-corrected chi connectivity index (χ3v) is 4.41. The minimum Gasteiger partial charge on any atom is -0.313 e. The fourth-order valence-electron chi connectivity index (χ4n) is 3.34. The van der Waals surface area contributed by atoms with E-state index < -0.39 is 5.41 Å². The van der Waals surface area contributed by atoms with Crippen LogP contribution in [0.15, 0.2) is 54.6 Å². The molecule has 1 aliphatic carbocycles. The smallest absolute Gasteiger partial charge is 0.107 e. The Morgan fingerprint density at radius 3 is 2.50 bits per heavy atom. The standard InChI is InChI=1S/C18H18N2/c1-20-17-11-12-18(13-19,14-7-3-2-4-8-14)16-10-6-5-9-15(16)17/h2-10,17,20H,11-12H2,1H3. The predicted molar refractivity (Wildman–Crippen MR) is 80.3 cm³/mol. The second-order valence-corrected chi connectivity index (χ2v) is 5.35. The number of hydrogen-bond donors (Lipinski definition) is 1. The molecule has 100 valence electrons. The van der Waals surface area contributed by atoms with E-state index in [4.69, 9.17) is 0 Å². The van der Waals surface area contributed by atoms with Crippen molar-refractivity contribution in [1.82, 2.24) is 5.32 Å². The molecule has 2 atom stereocenters. The molecule has 0 radical (unpaired) electrons. The lowest BCUT2D eigenvalue weighted by Gasteiger charge is -2.37. The molecule has 2 aromatic carbocycles. The highest BCUT2D eigenvalue weighted by Gasteiger charge is 2.40. The molecule has 2 nitrogen and oxygen atoms in total. The molecular weight excluding hydrogens is 244 g/mol. The number of rotatable bonds is 2. The number of hydrogen-bond acceptors (Lipinski definition) is 2. The highest BCUT2D eigenvalue weighted by molar-refractivity contribution is 5.52. The second-order valence-electron chi connectivity index (χ2n) is 5.35. The van der Waals surface area contributed by atoms with Crippen molar-refractivity contribution in [2.75, 3.05) is 7.05 Å². The van der Waals surface area contributed by atoms with Crippen LogP contribution in [0.4, 0.5) is 0 Å². The average molecular weight is 262 g/mol. The highest BCUT2D eigenvalue weighted by Crippen LogP contribution is 2.45. The lowest BCUT2D eigenvalue weighted by molar-refractivity contribution is 0.426. The monoisotopic (exact) mass is 262 g/mol. The van der Waals surface area contributed by atoms with Crippen LogP contribution >= 0.6 is 0 Å². The van der Waals surface area contributed by atoms with Crippen molar-refractivity contribution in [2.24, 2.45) is 0 Å². The predicted octanol–water partition coefficient (Wildman–Crippen LogP) is 3.55. The van der Waals surface area contributed by atoms with Gasteiger partial charge >= 0.3 is 0 Å². The normalized spacial score (nSPS) is 24.7. The Bertz CT molecular complexity index is 642. The van der Waals surface area contributed by atoms with Gasteiger partial charge in [0.25, 0.3) is 0 Å². The summed E-state index contributed by atoms with van der Waals surface area (Å²) < 4.78 is 0. The van der Waals surface area contributed by atoms with Crippen LogP contribution < -0.4 is 5.32 Å². The van der Waals surface area contributed by atoms with Gasteiger partial charge in [0.1, 0.15) is 5.41 Å². The topological polar surface area (TPSA) is 35.8 Å². The van der Waals surface area contributed by atoms with E-state index in [-0.39, 0.29) is 0 Å². The third-order valence-electron chi connectivity index (χ3n) is 4.41. The van der Waals surface area contributed by atoms with Gasteiger partial charge in [0.05, 0.1) is 6.07 Å². The van der Waals surface area contributed by atoms with Gasteiger partial charge in [-0.05, 0) is 36.6 Å². The van der Waals surface area contributed by atoms with Crippen molar-refractivity contribution in [3.05, 3.63) is 71.3 Å². The van der Waals surface area contributed by atoms with E-state index in [0.29, 0.717) is 6.04 Å². The van der Waals surface area contributed by atoms with Crippen molar-refractivity contribution in [2.45, 2.75) is 24.3 Å². The van der Waals surface area contributed by atoms with Crippen LogP contribution in [0.25, 0.3) is 0 Å². The number of nitriles is 1. The third kappa shape index (κ3) is 1.83. The van der Waals surface area contributed by atoms with Crippen LogP contribution in [0.5, 0.6) is 0 Å². The first-order chi connectivity index (χ1) is 9.81. The molecule has 0 aromatic heterocycles. The lowest BCUT2D eigenvalue weighted by atomic mass is 9.65. The molecule has 0 aliphatic heterocycles. The van der Waals surface area contributed by atoms with Gasteiger partial charge < -0.3 is 5.32 Å². The SMILES string of the molecule is CNC1CCC(C#N)(c2ccccc2)c2ccccc21. The number of benzene rings is 2. The van der Waals surface area contributed by atoms with Crippen molar-refractivity contribution < 1.29 is 0 Å². The van der Waals surface area contributed by atoms with Gasteiger partial charge in [-0.25, -0.2) is 0 Å². The summed E-state index contributed by atoms with van der Waals surface area (Å²) in [4.78, 5) is 0. The first kappa shape index (κ1) is 12.9. The van der Waals surface area contributed by atoms with Crippen LogP contribution in [0, 0.1) is 11.3 Å². The molecule has 0 saturated carbocycles. The number of nitrogens with zero attached hydrogens (tertiary/aromatic N) is 1. The first-order valence-electron chi connectivity index (χ1n) is 7.05. The molecule has 0 heterocycles. The summed E-state index contributed by atoms with van der Waals surface area (Å²) in [5.41, 5.74) is 3.00. The maximum absolute atomic E-state index is 9.93. The zero-order valence-electron chi connectivity index (χ0n) is 11.6. The van der Waals surface area contributed by atoms with E-state index in [9.17, 15) is 5.26 Å². The zero-order valence-corrected chi connectivity index (χ0v) is 11.6. The maximum Gasteiger partial charge on any atom is 0.107 e. The summed E-state index contributed by atoms with van der Waals surface area (Å²) in [5, 5.41) is 13.3. The van der Waals surface area contributed by atoms with Crippen molar-refractivity contribution in [3.8, 4) is 6.07 Å². The summed E-state index contributed by atoms with van der Waals surface area (Å²) in [6.45, 7) is 0. The largest absolute Gasteiger partial charge is 0.313 e. The first-order valence-corrected chi connectivity index (χ1v) is 7.05. The van der Waals surface area contributed by atoms with Crippen molar-refractivity contribution in [3.63, 3.8) is 0 Å². The zero-order chi connectivity index (χ0) is 14.0. The van der Waals surface area contributed by atoms with E-state index >= 15 is 0 Å². The minimum atomic E-state index is -0.509. The molecule has 2 unspecified atom stereocenters. The average Bonchev–Trinajstić information content (AvgIpc) is 2.54. The molecule has 0 bridgehead atoms. The molecule has 20 heavy (non-hydrogen) atoms. The summed E-state index contributed by atoms with van der Waals surface area (Å²) in [7, 11) is 1.99. The van der Waals surface area contributed by atoms with Crippen molar-refractivity contribution in [1.29, 1.82) is 5.26 Å². The highest BCUT2D eigenvalue weighted by atomic mass is 14.9. The Labute approximate surface area is 120 Å². The van der Waals surface area contributed by atoms with Gasteiger partial charge in [-0.3, -0.25) is 0 Å². The van der Waals surface area contributed by atoms with Crippen LogP contribution in [0.3, 0.4) is 0 Å². The fraction of sp³-hybridized carbons (Fsp3) is 0.278. The maximum atomic E-state index is 9.93. The Morgan fingerprint density at radius 1 is 1.10 bits per heavy atom. The summed E-state index contributed by atoms with van der Waals surface area (Å²) in [6.07, 6.45) is 1.84. The number of fused-ring (bicyclic) bond motifs is 1. The molecule has 0 spiro atoms. The van der Waals surface area contributed by atoms with E-state index in [1.807, 2.05) is 31.3 Å². The fourth-order valence-corrected chi connectivity index (χ4v) is 3.34. The molecule has 0 fully saturated rings. The lowest BCUT2D eigenvalue weighted by Crippen LogP contribution is -2.35. The van der Waals surface area contributed by atoms with Gasteiger partial charge in [-0.15, -0.1) is 0 Å². The molecule has 1 aliphatic rings. The van der Waals surface area contributed by atoms with E-state index in [0.717, 1.165) is 24.0 Å². The molecule has 2 aromatic rings. The summed E-state index contributed by atoms with van der Waals surface area (Å²) in [5.74, 6) is 0. The summed E-state index contributed by atoms with van der Waals surface area (Å²) >= 11 is 0. The Morgan fingerprint density at radius 2 is 1.80 bits per heavy atom. The van der Waals surface area contributed by atoms with Crippen LogP contribution in [-0.2, 0) is 5.41 Å². The van der Waals surface area contributed by atoms with Gasteiger partial charge in [0.2, 0.25) is 0 Å².